The highest BCUT2D eigenvalue weighted by Crippen LogP contribution is 2.08. The highest BCUT2D eigenvalue weighted by molar-refractivity contribution is 5.20. The molecule has 0 unspecified atom stereocenters. The van der Waals surface area contributed by atoms with Crippen molar-refractivity contribution >= 4 is 0 Å². The van der Waals surface area contributed by atoms with Gasteiger partial charge in [0, 0.05) is 0 Å². The average molecular weight is 180 g/mol. The van der Waals surface area contributed by atoms with Crippen LogP contribution in [0.2, 0.25) is 0 Å². The van der Waals surface area contributed by atoms with Crippen LogP contribution in [0.4, 0.5) is 0 Å². The molecule has 0 bridgehead atoms. The summed E-state index contributed by atoms with van der Waals surface area (Å²) in [5.41, 5.74) is 5.29. The molecule has 1 radical (unpaired) electrons. The largest absolute Gasteiger partial charge is 0.338 e. The van der Waals surface area contributed by atoms with E-state index in [-0.39, 0.29) is 0 Å². The zero-order chi connectivity index (χ0) is 9.36. The van der Waals surface area contributed by atoms with Gasteiger partial charge in [-0.1, -0.05) is 18.2 Å². The van der Waals surface area contributed by atoms with Gasteiger partial charge < -0.3 is 10.6 Å². The second-order valence-electron chi connectivity index (χ2n) is 2.55. The highest BCUT2D eigenvalue weighted by Gasteiger charge is 1.92. The summed E-state index contributed by atoms with van der Waals surface area (Å²) in [5.74, 6) is 0.712. The van der Waals surface area contributed by atoms with Gasteiger partial charge in [-0.05, 0) is 31.5 Å². The molecule has 3 nitrogen and oxygen atoms in total. The van der Waals surface area contributed by atoms with Crippen molar-refractivity contribution in [1.29, 1.82) is 0 Å². The Morgan fingerprint density at radius 2 is 2.00 bits per heavy atom. The number of rotatable bonds is 6. The standard InChI is InChI=1S/C10H14NO2/c11-8-4-5-9-12-13-10-6-2-1-3-7-10/h1-3,5-7H,4,8-9,11H2. The normalized spacial score (nSPS) is 9.92. The minimum Gasteiger partial charge on any atom is -0.338 e. The first-order valence-corrected chi connectivity index (χ1v) is 4.29. The monoisotopic (exact) mass is 180 g/mol. The highest BCUT2D eigenvalue weighted by atomic mass is 17.2. The molecule has 0 aliphatic heterocycles. The van der Waals surface area contributed by atoms with E-state index in [4.69, 9.17) is 15.5 Å². The SMILES string of the molecule is NCC[CH]COOc1ccccc1. The van der Waals surface area contributed by atoms with E-state index in [9.17, 15) is 0 Å². The smallest absolute Gasteiger partial charge is 0.165 e. The maximum absolute atomic E-state index is 5.29. The Morgan fingerprint density at radius 1 is 1.23 bits per heavy atom. The molecular weight excluding hydrogens is 166 g/mol. The van der Waals surface area contributed by atoms with Crippen LogP contribution >= 0.6 is 0 Å². The Hall–Kier alpha value is -1.06. The number of hydrogen-bond acceptors (Lipinski definition) is 3. The van der Waals surface area contributed by atoms with Crippen LogP contribution in [0.1, 0.15) is 6.42 Å². The fourth-order valence-corrected chi connectivity index (χ4v) is 0.827. The molecule has 0 aliphatic rings. The van der Waals surface area contributed by atoms with Crippen molar-refractivity contribution in [2.45, 2.75) is 6.42 Å². The molecule has 3 heteroatoms. The summed E-state index contributed by atoms with van der Waals surface area (Å²) in [5, 5.41) is 0. The molecule has 0 saturated carbocycles. The molecule has 0 aromatic heterocycles. The molecule has 0 atom stereocenters. The number of para-hydroxylation sites is 1. The molecule has 0 spiro atoms. The topological polar surface area (TPSA) is 44.5 Å². The van der Waals surface area contributed by atoms with E-state index in [2.05, 4.69) is 0 Å². The summed E-state index contributed by atoms with van der Waals surface area (Å²) in [4.78, 5) is 9.89. The lowest BCUT2D eigenvalue weighted by atomic mass is 10.3. The average Bonchev–Trinajstić information content (AvgIpc) is 2.19. The molecule has 0 aliphatic carbocycles. The van der Waals surface area contributed by atoms with Gasteiger partial charge in [-0.15, -0.1) is 0 Å². The summed E-state index contributed by atoms with van der Waals surface area (Å²) >= 11 is 0. The van der Waals surface area contributed by atoms with Crippen LogP contribution in [0.25, 0.3) is 0 Å². The van der Waals surface area contributed by atoms with Gasteiger partial charge in [0.05, 0.1) is 6.61 Å². The number of unbranched alkanes of at least 4 members (excludes halogenated alkanes) is 1. The third kappa shape index (κ3) is 4.50. The third-order valence-corrected chi connectivity index (χ3v) is 1.46. The zero-order valence-corrected chi connectivity index (χ0v) is 7.48. The Labute approximate surface area is 78.4 Å². The fourth-order valence-electron chi connectivity index (χ4n) is 0.827. The first-order valence-electron chi connectivity index (χ1n) is 4.29. The molecule has 71 valence electrons. The molecule has 0 heterocycles. The van der Waals surface area contributed by atoms with Crippen LogP contribution < -0.4 is 10.6 Å². The molecule has 0 saturated heterocycles. The van der Waals surface area contributed by atoms with Crippen LogP contribution in [0.3, 0.4) is 0 Å². The van der Waals surface area contributed by atoms with Gasteiger partial charge in [0.25, 0.3) is 0 Å². The lowest BCUT2D eigenvalue weighted by molar-refractivity contribution is -0.199. The van der Waals surface area contributed by atoms with Crippen LogP contribution in [0, 0.1) is 6.42 Å². The van der Waals surface area contributed by atoms with Crippen LogP contribution in [-0.4, -0.2) is 13.2 Å². The molecule has 0 fully saturated rings. The molecule has 0 amide bonds. The predicted octanol–water partition coefficient (Wildman–Crippen LogP) is 1.55. The van der Waals surface area contributed by atoms with Crippen molar-refractivity contribution in [1.82, 2.24) is 0 Å². The molecule has 1 rings (SSSR count). The Balaban J connectivity index is 2.07. The second kappa shape index (κ2) is 6.46. The Morgan fingerprint density at radius 3 is 2.69 bits per heavy atom. The van der Waals surface area contributed by atoms with Crippen LogP contribution in [-0.2, 0) is 4.89 Å². The van der Waals surface area contributed by atoms with Crippen LogP contribution in [0.15, 0.2) is 30.3 Å². The molecule has 13 heavy (non-hydrogen) atoms. The maximum atomic E-state index is 5.29. The number of nitrogens with two attached hydrogens (primary N) is 1. The lowest BCUT2D eigenvalue weighted by Gasteiger charge is -2.03. The molecule has 2 N–H and O–H groups in total. The van der Waals surface area contributed by atoms with Crippen LogP contribution in [0.5, 0.6) is 5.75 Å². The zero-order valence-electron chi connectivity index (χ0n) is 7.48. The summed E-state index contributed by atoms with van der Waals surface area (Å²) in [7, 11) is 0. The van der Waals surface area contributed by atoms with Crippen molar-refractivity contribution in [3.63, 3.8) is 0 Å². The van der Waals surface area contributed by atoms with Crippen molar-refractivity contribution < 1.29 is 9.78 Å². The lowest BCUT2D eigenvalue weighted by Crippen LogP contribution is -2.04. The van der Waals surface area contributed by atoms with E-state index < -0.39 is 0 Å². The summed E-state index contributed by atoms with van der Waals surface area (Å²) in [6.45, 7) is 1.11. The minimum atomic E-state index is 0.464. The Bertz CT molecular complexity index is 213. The van der Waals surface area contributed by atoms with Gasteiger partial charge in [0.15, 0.2) is 5.75 Å². The van der Waals surface area contributed by atoms with E-state index in [1.165, 1.54) is 0 Å². The quantitative estimate of drug-likeness (QED) is 0.410. The van der Waals surface area contributed by atoms with Gasteiger partial charge in [-0.2, -0.15) is 4.89 Å². The summed E-state index contributed by atoms with van der Waals surface area (Å²) in [6, 6.07) is 9.38. The first kappa shape index (κ1) is 10.0. The Kier molecular flexibility index (Phi) is 4.98. The fraction of sp³-hybridized carbons (Fsp3) is 0.300. The van der Waals surface area contributed by atoms with E-state index >= 15 is 0 Å². The number of hydrogen-bond donors (Lipinski definition) is 1. The second-order valence-corrected chi connectivity index (χ2v) is 2.55. The van der Waals surface area contributed by atoms with E-state index in [1.807, 2.05) is 36.8 Å². The predicted molar refractivity (Wildman–Crippen MR) is 51.0 cm³/mol. The first-order chi connectivity index (χ1) is 6.43. The van der Waals surface area contributed by atoms with Crippen molar-refractivity contribution in [2.24, 2.45) is 5.73 Å². The third-order valence-electron chi connectivity index (χ3n) is 1.46. The van der Waals surface area contributed by atoms with E-state index in [0.29, 0.717) is 18.9 Å². The van der Waals surface area contributed by atoms with Gasteiger partial charge >= 0.3 is 0 Å². The van der Waals surface area contributed by atoms with Gasteiger partial charge in [-0.3, -0.25) is 0 Å². The van der Waals surface area contributed by atoms with Gasteiger partial charge in [0.1, 0.15) is 0 Å². The molecule has 1 aromatic carbocycles. The van der Waals surface area contributed by atoms with Crippen molar-refractivity contribution in [3.05, 3.63) is 36.8 Å². The molecular formula is C10H14NO2. The molecule has 1 aromatic rings. The van der Waals surface area contributed by atoms with Gasteiger partial charge in [0.2, 0.25) is 0 Å². The summed E-state index contributed by atoms with van der Waals surface area (Å²) < 4.78 is 0. The maximum Gasteiger partial charge on any atom is 0.165 e. The minimum absolute atomic E-state index is 0.464. The van der Waals surface area contributed by atoms with Gasteiger partial charge in [-0.25, -0.2) is 0 Å². The van der Waals surface area contributed by atoms with E-state index in [0.717, 1.165) is 6.42 Å². The summed E-state index contributed by atoms with van der Waals surface area (Å²) in [6.07, 6.45) is 2.78. The van der Waals surface area contributed by atoms with Crippen molar-refractivity contribution in [3.8, 4) is 5.75 Å². The van der Waals surface area contributed by atoms with E-state index in [1.54, 1.807) is 0 Å². The number of benzene rings is 1. The van der Waals surface area contributed by atoms with Crippen molar-refractivity contribution in [2.75, 3.05) is 13.2 Å².